The highest BCUT2D eigenvalue weighted by atomic mass is 32.1. The van der Waals surface area contributed by atoms with Gasteiger partial charge in [-0.2, -0.15) is 5.26 Å². The van der Waals surface area contributed by atoms with Gasteiger partial charge in [-0.3, -0.25) is 4.79 Å². The van der Waals surface area contributed by atoms with Crippen molar-refractivity contribution in [3.8, 4) is 27.8 Å². The Hall–Kier alpha value is -3.54. The number of nitriles is 1. The zero-order chi connectivity index (χ0) is 22.2. The minimum Gasteiger partial charge on any atom is -0.335 e. The van der Waals surface area contributed by atoms with E-state index in [0.29, 0.717) is 23.7 Å². The number of hydrogen-bond donors (Lipinski definition) is 1. The number of fused-ring (bicyclic) bond motifs is 1. The number of nitrogens with two attached hydrogens (primary N) is 1. The first-order chi connectivity index (χ1) is 15.5. The fraction of sp³-hybridized carbons (Fsp3) is 0.250. The third kappa shape index (κ3) is 3.66. The minimum atomic E-state index is -0.0785. The monoisotopic (exact) mass is 442 g/mol. The molecule has 1 amide bonds. The average Bonchev–Trinajstić information content (AvgIpc) is 3.43. The number of imidazole rings is 1. The van der Waals surface area contributed by atoms with Gasteiger partial charge in [0.25, 0.3) is 5.91 Å². The molecule has 1 saturated heterocycles. The van der Waals surface area contributed by atoms with E-state index in [1.807, 2.05) is 41.9 Å². The number of nitrogens with zero attached hydrogens (tertiary/aromatic N) is 5. The highest BCUT2D eigenvalue weighted by Crippen LogP contribution is 2.38. The quantitative estimate of drug-likeness (QED) is 0.520. The van der Waals surface area contributed by atoms with Crippen LogP contribution in [0.2, 0.25) is 0 Å². The van der Waals surface area contributed by atoms with Crippen LogP contribution in [0, 0.1) is 11.3 Å². The molecule has 8 heteroatoms. The van der Waals surface area contributed by atoms with E-state index in [1.165, 1.54) is 11.3 Å². The molecule has 0 saturated carbocycles. The number of aryl methyl sites for hydroxylation is 1. The summed E-state index contributed by atoms with van der Waals surface area (Å²) in [5.74, 6) is -0.0785. The largest absolute Gasteiger partial charge is 0.335 e. The van der Waals surface area contributed by atoms with E-state index in [0.717, 1.165) is 45.6 Å². The molecule has 1 aliphatic rings. The predicted molar refractivity (Wildman–Crippen MR) is 125 cm³/mol. The highest BCUT2D eigenvalue weighted by molar-refractivity contribution is 7.17. The smallest absolute Gasteiger partial charge is 0.282 e. The molecule has 0 radical (unpaired) electrons. The van der Waals surface area contributed by atoms with Crippen LogP contribution in [0.5, 0.6) is 0 Å². The number of benzene rings is 2. The van der Waals surface area contributed by atoms with Gasteiger partial charge in [-0.25, -0.2) is 9.97 Å². The molecule has 3 heterocycles. The summed E-state index contributed by atoms with van der Waals surface area (Å²) < 4.78 is 1.97. The van der Waals surface area contributed by atoms with Crippen molar-refractivity contribution in [2.24, 2.45) is 12.8 Å². The van der Waals surface area contributed by atoms with Crippen molar-refractivity contribution < 1.29 is 4.79 Å². The van der Waals surface area contributed by atoms with E-state index in [4.69, 9.17) is 16.0 Å². The number of likely N-dealkylation sites (tertiary alicyclic amines) is 1. The molecule has 1 atom stereocenters. The van der Waals surface area contributed by atoms with Crippen molar-refractivity contribution >= 4 is 28.3 Å². The lowest BCUT2D eigenvalue weighted by atomic mass is 10.0. The van der Waals surface area contributed by atoms with Gasteiger partial charge in [0.05, 0.1) is 39.6 Å². The summed E-state index contributed by atoms with van der Waals surface area (Å²) in [5.41, 5.74) is 11.2. The van der Waals surface area contributed by atoms with Crippen molar-refractivity contribution in [2.75, 3.05) is 13.1 Å². The normalized spacial score (nSPS) is 16.3. The van der Waals surface area contributed by atoms with Gasteiger partial charge in [-0.1, -0.05) is 18.2 Å². The maximum Gasteiger partial charge on any atom is 0.282 e. The van der Waals surface area contributed by atoms with E-state index in [1.54, 1.807) is 23.4 Å². The van der Waals surface area contributed by atoms with Crippen molar-refractivity contribution in [3.05, 3.63) is 59.4 Å². The fourth-order valence-electron chi connectivity index (χ4n) is 4.11. The van der Waals surface area contributed by atoms with Crippen LogP contribution >= 0.6 is 11.3 Å². The number of rotatable bonds is 3. The van der Waals surface area contributed by atoms with Crippen LogP contribution in [0.25, 0.3) is 32.7 Å². The summed E-state index contributed by atoms with van der Waals surface area (Å²) in [6.45, 7) is 1.26. The molecule has 0 aliphatic carbocycles. The van der Waals surface area contributed by atoms with Gasteiger partial charge in [-0.05, 0) is 42.7 Å². The molecule has 0 bridgehead atoms. The number of thiazole rings is 1. The molecule has 32 heavy (non-hydrogen) atoms. The summed E-state index contributed by atoms with van der Waals surface area (Å²) in [6.07, 6.45) is 3.63. The van der Waals surface area contributed by atoms with E-state index in [-0.39, 0.29) is 11.9 Å². The maximum absolute atomic E-state index is 13.2. The molecule has 7 nitrogen and oxygen atoms in total. The first kappa shape index (κ1) is 20.4. The van der Waals surface area contributed by atoms with Crippen LogP contribution in [-0.4, -0.2) is 44.5 Å². The Kier molecular flexibility index (Phi) is 5.21. The van der Waals surface area contributed by atoms with E-state index in [9.17, 15) is 4.79 Å². The predicted octanol–water partition coefficient (Wildman–Crippen LogP) is 3.80. The summed E-state index contributed by atoms with van der Waals surface area (Å²) in [7, 11) is 1.96. The Balaban J connectivity index is 1.61. The second kappa shape index (κ2) is 8.19. The maximum atomic E-state index is 13.2. The first-order valence-corrected chi connectivity index (χ1v) is 11.3. The molecule has 1 aliphatic heterocycles. The van der Waals surface area contributed by atoms with Crippen molar-refractivity contribution in [1.29, 1.82) is 5.26 Å². The second-order valence-electron chi connectivity index (χ2n) is 8.10. The lowest BCUT2D eigenvalue weighted by Gasteiger charge is -2.30. The van der Waals surface area contributed by atoms with Crippen molar-refractivity contribution in [1.82, 2.24) is 19.4 Å². The van der Waals surface area contributed by atoms with Crippen LogP contribution in [0.1, 0.15) is 28.2 Å². The molecule has 0 unspecified atom stereocenters. The second-order valence-corrected chi connectivity index (χ2v) is 9.10. The zero-order valence-corrected chi connectivity index (χ0v) is 18.5. The summed E-state index contributed by atoms with van der Waals surface area (Å²) in [4.78, 5) is 25.2. The molecule has 0 spiro atoms. The van der Waals surface area contributed by atoms with Gasteiger partial charge in [0.15, 0.2) is 5.01 Å². The third-order valence-corrected chi connectivity index (χ3v) is 6.92. The number of hydrogen-bond acceptors (Lipinski definition) is 6. The number of carbonyl (C=O) groups excluding carboxylic acids is 1. The number of amides is 1. The summed E-state index contributed by atoms with van der Waals surface area (Å²) in [5, 5.41) is 9.60. The first-order valence-electron chi connectivity index (χ1n) is 10.5. The Bertz CT molecular complexity index is 1350. The van der Waals surface area contributed by atoms with Crippen LogP contribution in [0.4, 0.5) is 0 Å². The minimum absolute atomic E-state index is 0.0108. The van der Waals surface area contributed by atoms with Gasteiger partial charge in [0.1, 0.15) is 0 Å². The molecule has 5 rings (SSSR count). The summed E-state index contributed by atoms with van der Waals surface area (Å²) >= 11 is 1.39. The van der Waals surface area contributed by atoms with Crippen LogP contribution < -0.4 is 5.73 Å². The zero-order valence-electron chi connectivity index (χ0n) is 17.7. The molecule has 2 aromatic heterocycles. The number of piperidine rings is 1. The average molecular weight is 443 g/mol. The van der Waals surface area contributed by atoms with E-state index in [2.05, 4.69) is 11.1 Å². The number of aromatic nitrogens is 3. The Morgan fingerprint density at radius 1 is 1.22 bits per heavy atom. The highest BCUT2D eigenvalue weighted by Gasteiger charge is 2.27. The van der Waals surface area contributed by atoms with Crippen molar-refractivity contribution in [3.63, 3.8) is 0 Å². The SMILES string of the molecule is Cn1cnc2cc(-c3sc(C(=O)N4CCC[C@@H](N)C4)nc3-c3ccc(C#N)cc3)ccc21. The molecule has 2 aromatic carbocycles. The number of carbonyl (C=O) groups is 1. The van der Waals surface area contributed by atoms with Gasteiger partial charge < -0.3 is 15.2 Å². The van der Waals surface area contributed by atoms with E-state index < -0.39 is 0 Å². The molecular weight excluding hydrogens is 420 g/mol. The van der Waals surface area contributed by atoms with Crippen LogP contribution in [0.3, 0.4) is 0 Å². The molecular formula is C24H22N6OS. The van der Waals surface area contributed by atoms with Crippen LogP contribution in [-0.2, 0) is 7.05 Å². The Morgan fingerprint density at radius 2 is 2.00 bits per heavy atom. The Labute approximate surface area is 189 Å². The molecule has 1 fully saturated rings. The van der Waals surface area contributed by atoms with Crippen molar-refractivity contribution in [2.45, 2.75) is 18.9 Å². The van der Waals surface area contributed by atoms with Gasteiger partial charge >= 0.3 is 0 Å². The Morgan fingerprint density at radius 3 is 2.75 bits per heavy atom. The lowest BCUT2D eigenvalue weighted by Crippen LogP contribution is -2.45. The fourth-order valence-corrected chi connectivity index (χ4v) is 5.16. The topological polar surface area (TPSA) is 101 Å². The van der Waals surface area contributed by atoms with E-state index >= 15 is 0 Å². The summed E-state index contributed by atoms with van der Waals surface area (Å²) in [6, 6.07) is 15.5. The molecule has 4 aromatic rings. The van der Waals surface area contributed by atoms with Gasteiger partial charge in [0, 0.05) is 31.7 Å². The van der Waals surface area contributed by atoms with Crippen LogP contribution in [0.15, 0.2) is 48.8 Å². The third-order valence-electron chi connectivity index (χ3n) is 5.83. The van der Waals surface area contributed by atoms with Gasteiger partial charge in [-0.15, -0.1) is 11.3 Å². The standard InChI is InChI=1S/C24H22N6OS/c1-29-14-27-19-11-17(8-9-20(19)29)22-21(16-6-4-15(12-25)5-7-16)28-23(32-22)24(31)30-10-2-3-18(26)13-30/h4-9,11,14,18H,2-3,10,13,26H2,1H3/t18-/m1/s1. The molecule has 2 N–H and O–H groups in total. The lowest BCUT2D eigenvalue weighted by molar-refractivity contribution is 0.0708. The molecule has 160 valence electrons. The van der Waals surface area contributed by atoms with Gasteiger partial charge in [0.2, 0.25) is 0 Å².